The van der Waals surface area contributed by atoms with Crippen LogP contribution in [0.2, 0.25) is 0 Å². The van der Waals surface area contributed by atoms with E-state index in [0.29, 0.717) is 0 Å². The third-order valence-electron chi connectivity index (χ3n) is 1.83. The summed E-state index contributed by atoms with van der Waals surface area (Å²) >= 11 is 0. The second-order valence-corrected chi connectivity index (χ2v) is 2.98. The lowest BCUT2D eigenvalue weighted by atomic mass is 10.3. The molecule has 16 heavy (non-hydrogen) atoms. The van der Waals surface area contributed by atoms with Crippen LogP contribution in [0.3, 0.4) is 0 Å². The fourth-order valence-electron chi connectivity index (χ4n) is 1.03. The summed E-state index contributed by atoms with van der Waals surface area (Å²) in [5.41, 5.74) is 4.73. The maximum Gasteiger partial charge on any atom is 0.328 e. The van der Waals surface area contributed by atoms with E-state index in [9.17, 15) is 9.59 Å². The summed E-state index contributed by atoms with van der Waals surface area (Å²) in [7, 11) is 1.37. The molecule has 1 heterocycles. The smallest absolute Gasteiger partial charge is 0.328 e. The summed E-state index contributed by atoms with van der Waals surface area (Å²) < 4.78 is 4.71. The molecule has 0 amide bonds. The minimum absolute atomic E-state index is 0.0215. The van der Waals surface area contributed by atoms with Gasteiger partial charge in [-0.1, -0.05) is 0 Å². The van der Waals surface area contributed by atoms with Gasteiger partial charge in [0, 0.05) is 7.11 Å². The number of aromatic nitrogens is 2. The Bertz CT molecular complexity index is 430. The largest absolute Gasteiger partial charge is 0.480 e. The van der Waals surface area contributed by atoms with Gasteiger partial charge in [-0.05, 0) is 0 Å². The Balaban J connectivity index is 2.89. The van der Waals surface area contributed by atoms with Gasteiger partial charge in [-0.2, -0.15) is 0 Å². The number of nitrogens with two attached hydrogens (primary N) is 1. The Kier molecular flexibility index (Phi) is 3.84. The number of aliphatic carboxylic acids is 1. The number of carboxylic acid groups (broad SMARTS) is 1. The summed E-state index contributed by atoms with van der Waals surface area (Å²) in [6.07, 6.45) is 1.13. The second kappa shape index (κ2) is 5.12. The van der Waals surface area contributed by atoms with Crippen LogP contribution in [-0.2, 0) is 9.53 Å². The highest BCUT2D eigenvalue weighted by molar-refractivity contribution is 5.78. The second-order valence-electron chi connectivity index (χ2n) is 2.98. The summed E-state index contributed by atoms with van der Waals surface area (Å²) in [5.74, 6) is -1.10. The Labute approximate surface area is 90.5 Å². The van der Waals surface area contributed by atoms with E-state index in [2.05, 4.69) is 15.3 Å². The van der Waals surface area contributed by atoms with Crippen molar-refractivity contribution in [2.24, 2.45) is 0 Å². The molecule has 8 heteroatoms. The molecule has 1 aromatic heterocycles. The molecule has 0 fully saturated rings. The van der Waals surface area contributed by atoms with Crippen molar-refractivity contribution >= 4 is 17.5 Å². The molecule has 1 atom stereocenters. The average Bonchev–Trinajstić information content (AvgIpc) is 2.23. The highest BCUT2D eigenvalue weighted by Gasteiger charge is 2.19. The minimum atomic E-state index is -1.12. The maximum absolute atomic E-state index is 11.1. The third-order valence-corrected chi connectivity index (χ3v) is 1.83. The lowest BCUT2D eigenvalue weighted by molar-refractivity contribution is -0.139. The summed E-state index contributed by atoms with van der Waals surface area (Å²) in [5, 5.41) is 11.3. The molecule has 8 nitrogen and oxygen atoms in total. The van der Waals surface area contributed by atoms with Crippen LogP contribution in [0, 0.1) is 0 Å². The van der Waals surface area contributed by atoms with E-state index in [1.54, 1.807) is 0 Å². The molecule has 0 saturated carbocycles. The summed E-state index contributed by atoms with van der Waals surface area (Å²) in [6, 6.07) is -1.01. The number of H-pyrrole nitrogens is 1. The highest BCUT2D eigenvalue weighted by Crippen LogP contribution is 2.09. The lowest BCUT2D eigenvalue weighted by Gasteiger charge is -2.14. The molecule has 0 radical (unpaired) electrons. The van der Waals surface area contributed by atoms with Gasteiger partial charge in [-0.15, -0.1) is 0 Å². The molecule has 1 rings (SSSR count). The van der Waals surface area contributed by atoms with E-state index in [0.717, 1.165) is 6.33 Å². The number of ether oxygens (including phenoxy) is 1. The number of anilines is 2. The monoisotopic (exact) mass is 228 g/mol. The lowest BCUT2D eigenvalue weighted by Crippen LogP contribution is -2.35. The van der Waals surface area contributed by atoms with E-state index in [-0.39, 0.29) is 18.1 Å². The average molecular weight is 228 g/mol. The van der Waals surface area contributed by atoms with Crippen LogP contribution in [0.4, 0.5) is 11.5 Å². The van der Waals surface area contributed by atoms with Crippen LogP contribution in [-0.4, -0.2) is 40.8 Å². The van der Waals surface area contributed by atoms with E-state index in [1.165, 1.54) is 7.11 Å². The third kappa shape index (κ3) is 2.70. The van der Waals surface area contributed by atoms with Gasteiger partial charge < -0.3 is 25.9 Å². The number of nitrogens with one attached hydrogen (secondary N) is 2. The molecule has 88 valence electrons. The Hall–Kier alpha value is -2.09. The van der Waals surface area contributed by atoms with Gasteiger partial charge in [0.2, 0.25) is 0 Å². The quantitative estimate of drug-likeness (QED) is 0.501. The Morgan fingerprint density at radius 1 is 1.81 bits per heavy atom. The van der Waals surface area contributed by atoms with Crippen molar-refractivity contribution in [2.45, 2.75) is 6.04 Å². The predicted molar refractivity (Wildman–Crippen MR) is 56.2 cm³/mol. The van der Waals surface area contributed by atoms with Crippen molar-refractivity contribution in [2.75, 3.05) is 24.8 Å². The first-order valence-corrected chi connectivity index (χ1v) is 4.37. The van der Waals surface area contributed by atoms with Crippen LogP contribution < -0.4 is 16.6 Å². The van der Waals surface area contributed by atoms with E-state index in [4.69, 9.17) is 15.6 Å². The number of nitrogen functional groups attached to an aromatic ring is 1. The van der Waals surface area contributed by atoms with Crippen molar-refractivity contribution in [1.82, 2.24) is 9.97 Å². The number of nitrogens with zero attached hydrogens (tertiary/aromatic N) is 1. The molecule has 0 aliphatic heterocycles. The SMILES string of the molecule is COCC(Nc1nc[nH]c(=O)c1N)C(=O)O. The first kappa shape index (κ1) is 12.0. The van der Waals surface area contributed by atoms with Crippen molar-refractivity contribution in [3.63, 3.8) is 0 Å². The molecule has 0 spiro atoms. The number of methoxy groups -OCH3 is 1. The van der Waals surface area contributed by atoms with E-state index < -0.39 is 17.6 Å². The first-order valence-electron chi connectivity index (χ1n) is 4.37. The fraction of sp³-hybridized carbons (Fsp3) is 0.375. The van der Waals surface area contributed by atoms with Crippen LogP contribution in [0.5, 0.6) is 0 Å². The Morgan fingerprint density at radius 2 is 2.50 bits per heavy atom. The van der Waals surface area contributed by atoms with Gasteiger partial charge in [-0.3, -0.25) is 4.79 Å². The number of carboxylic acids is 1. The van der Waals surface area contributed by atoms with Crippen LogP contribution in [0.15, 0.2) is 11.1 Å². The molecule has 1 unspecified atom stereocenters. The van der Waals surface area contributed by atoms with Crippen LogP contribution in [0.25, 0.3) is 0 Å². The standard InChI is InChI=1S/C8H12N4O4/c1-16-2-4(8(14)15)12-6-5(9)7(13)11-3-10-6/h3-4H,2,9H2,1H3,(H,14,15)(H2,10,11,12,13). The molecule has 0 aliphatic rings. The van der Waals surface area contributed by atoms with Gasteiger partial charge >= 0.3 is 5.97 Å². The number of carbonyl (C=O) groups is 1. The zero-order valence-electron chi connectivity index (χ0n) is 8.56. The predicted octanol–water partition coefficient (Wildman–Crippen LogP) is -1.14. The van der Waals surface area contributed by atoms with Gasteiger partial charge in [0.1, 0.15) is 11.7 Å². The summed E-state index contributed by atoms with van der Waals surface area (Å²) in [6.45, 7) is -0.0662. The zero-order chi connectivity index (χ0) is 12.1. The van der Waals surface area contributed by atoms with Crippen LogP contribution in [0.1, 0.15) is 0 Å². The van der Waals surface area contributed by atoms with Crippen molar-refractivity contribution in [3.05, 3.63) is 16.7 Å². The van der Waals surface area contributed by atoms with Gasteiger partial charge in [0.05, 0.1) is 12.9 Å². The molecular formula is C8H12N4O4. The first-order chi connectivity index (χ1) is 7.56. The number of aromatic amines is 1. The normalized spacial score (nSPS) is 12.1. The fourth-order valence-corrected chi connectivity index (χ4v) is 1.03. The Morgan fingerprint density at radius 3 is 3.06 bits per heavy atom. The number of hydrogen-bond acceptors (Lipinski definition) is 6. The van der Waals surface area contributed by atoms with Crippen molar-refractivity contribution in [1.29, 1.82) is 0 Å². The molecule has 5 N–H and O–H groups in total. The van der Waals surface area contributed by atoms with E-state index in [1.807, 2.05) is 0 Å². The minimum Gasteiger partial charge on any atom is -0.480 e. The maximum atomic E-state index is 11.1. The van der Waals surface area contributed by atoms with Gasteiger partial charge in [-0.25, -0.2) is 9.78 Å². The molecule has 0 aromatic carbocycles. The molecular weight excluding hydrogens is 216 g/mol. The number of hydrogen-bond donors (Lipinski definition) is 4. The van der Waals surface area contributed by atoms with Crippen molar-refractivity contribution in [3.8, 4) is 0 Å². The molecule has 1 aromatic rings. The van der Waals surface area contributed by atoms with Crippen LogP contribution >= 0.6 is 0 Å². The highest BCUT2D eigenvalue weighted by atomic mass is 16.5. The van der Waals surface area contributed by atoms with E-state index >= 15 is 0 Å². The topological polar surface area (TPSA) is 130 Å². The number of rotatable bonds is 5. The molecule has 0 aliphatic carbocycles. The molecule has 0 saturated heterocycles. The summed E-state index contributed by atoms with van der Waals surface area (Å²) in [4.78, 5) is 27.9. The van der Waals surface area contributed by atoms with Gasteiger partial charge in [0.25, 0.3) is 5.56 Å². The zero-order valence-corrected chi connectivity index (χ0v) is 8.56. The molecule has 0 bridgehead atoms. The van der Waals surface area contributed by atoms with Crippen molar-refractivity contribution < 1.29 is 14.6 Å². The van der Waals surface area contributed by atoms with Gasteiger partial charge in [0.15, 0.2) is 5.82 Å².